The third-order valence-corrected chi connectivity index (χ3v) is 6.85. The minimum Gasteiger partial charge on any atom is -0.368 e. The van der Waals surface area contributed by atoms with Crippen LogP contribution in [0.2, 0.25) is 5.02 Å². The Hall–Kier alpha value is -2.11. The molecule has 0 aliphatic carbocycles. The number of carbonyl (C=O) groups excluding carboxylic acids is 1. The van der Waals surface area contributed by atoms with Gasteiger partial charge in [-0.1, -0.05) is 11.6 Å². The van der Waals surface area contributed by atoms with Crippen LogP contribution in [0.5, 0.6) is 0 Å². The van der Waals surface area contributed by atoms with Crippen molar-refractivity contribution >= 4 is 34.2 Å². The second-order valence-corrected chi connectivity index (χ2v) is 9.40. The van der Waals surface area contributed by atoms with Crippen LogP contribution in [0, 0.1) is 6.92 Å². The average molecular weight is 478 g/mol. The Balaban J connectivity index is 1.60. The third-order valence-electron chi connectivity index (χ3n) is 5.05. The molecule has 1 aliphatic heterocycles. The van der Waals surface area contributed by atoms with Crippen molar-refractivity contribution in [2.45, 2.75) is 24.5 Å². The highest BCUT2D eigenvalue weighted by molar-refractivity contribution is 7.82. The van der Waals surface area contributed by atoms with Crippen LogP contribution in [0.25, 0.3) is 0 Å². The number of hydrogen-bond acceptors (Lipinski definition) is 4. The molecule has 1 aromatic carbocycles. The SMILES string of the molecule is Cc1c(Cl)c(C(F)(F)F)nn1CC(=O)N1CCN(c2ccc(S(=O)N(C)C)cc2)CC1. The van der Waals surface area contributed by atoms with Gasteiger partial charge in [-0.05, 0) is 45.3 Å². The topological polar surface area (TPSA) is 61.7 Å². The van der Waals surface area contributed by atoms with Crippen LogP contribution >= 0.6 is 11.6 Å². The number of piperazine rings is 1. The number of nitrogens with zero attached hydrogens (tertiary/aromatic N) is 5. The predicted octanol–water partition coefficient (Wildman–Crippen LogP) is 2.80. The van der Waals surface area contributed by atoms with Crippen LogP contribution in [-0.4, -0.2) is 69.4 Å². The number of aromatic nitrogens is 2. The van der Waals surface area contributed by atoms with Crippen molar-refractivity contribution in [3.8, 4) is 0 Å². The Morgan fingerprint density at radius 3 is 2.23 bits per heavy atom. The molecule has 0 saturated carbocycles. The van der Waals surface area contributed by atoms with Crippen molar-refractivity contribution in [1.82, 2.24) is 19.0 Å². The van der Waals surface area contributed by atoms with E-state index in [1.165, 1.54) is 6.92 Å². The standard InChI is InChI=1S/C19H23ClF3N5O2S/c1-13-17(20)18(19(21,22)23)24-28(13)12-16(29)27-10-8-26(9-11-27)14-4-6-15(7-5-14)31(30)25(2)3/h4-7H,8-12H2,1-3H3. The van der Waals surface area contributed by atoms with E-state index in [4.69, 9.17) is 11.6 Å². The van der Waals surface area contributed by atoms with Crippen molar-refractivity contribution in [3.63, 3.8) is 0 Å². The predicted molar refractivity (Wildman–Crippen MR) is 112 cm³/mol. The summed E-state index contributed by atoms with van der Waals surface area (Å²) in [5, 5.41) is 3.00. The summed E-state index contributed by atoms with van der Waals surface area (Å²) in [5.74, 6) is -0.313. The number of alkyl halides is 3. The summed E-state index contributed by atoms with van der Waals surface area (Å²) in [4.78, 5) is 17.0. The van der Waals surface area contributed by atoms with E-state index in [9.17, 15) is 22.2 Å². The quantitative estimate of drug-likeness (QED) is 0.664. The number of halogens is 4. The zero-order valence-electron chi connectivity index (χ0n) is 17.3. The lowest BCUT2D eigenvalue weighted by Gasteiger charge is -2.36. The minimum atomic E-state index is -4.67. The van der Waals surface area contributed by atoms with Gasteiger partial charge < -0.3 is 9.80 Å². The average Bonchev–Trinajstić information content (AvgIpc) is 3.02. The third kappa shape index (κ3) is 5.21. The van der Waals surface area contributed by atoms with Gasteiger partial charge in [0, 0.05) is 31.9 Å². The molecular formula is C19H23ClF3N5O2S. The molecule has 31 heavy (non-hydrogen) atoms. The van der Waals surface area contributed by atoms with Gasteiger partial charge in [0.1, 0.15) is 17.5 Å². The Labute approximate surface area is 185 Å². The molecule has 1 unspecified atom stereocenters. The van der Waals surface area contributed by atoms with Crippen molar-refractivity contribution in [3.05, 3.63) is 40.7 Å². The van der Waals surface area contributed by atoms with Gasteiger partial charge in [-0.3, -0.25) is 9.48 Å². The first-order valence-corrected chi connectivity index (χ1v) is 11.0. The maximum Gasteiger partial charge on any atom is 0.436 e. The molecule has 12 heteroatoms. The Bertz CT molecular complexity index is 970. The second-order valence-electron chi connectivity index (χ2n) is 7.33. The van der Waals surface area contributed by atoms with Crippen LogP contribution in [-0.2, 0) is 28.5 Å². The molecule has 1 atom stereocenters. The molecule has 2 heterocycles. The maximum atomic E-state index is 13.0. The van der Waals surface area contributed by atoms with Gasteiger partial charge in [-0.2, -0.15) is 18.3 Å². The number of carbonyl (C=O) groups is 1. The molecule has 1 aliphatic rings. The molecule has 3 rings (SSSR count). The second kappa shape index (κ2) is 9.17. The van der Waals surface area contributed by atoms with Gasteiger partial charge in [-0.15, -0.1) is 0 Å². The zero-order chi connectivity index (χ0) is 22.9. The highest BCUT2D eigenvalue weighted by Gasteiger charge is 2.38. The molecule has 0 bridgehead atoms. The highest BCUT2D eigenvalue weighted by atomic mass is 35.5. The van der Waals surface area contributed by atoms with E-state index in [1.54, 1.807) is 23.3 Å². The molecule has 0 radical (unpaired) electrons. The van der Waals surface area contributed by atoms with E-state index in [2.05, 4.69) is 10.00 Å². The van der Waals surface area contributed by atoms with E-state index in [-0.39, 0.29) is 18.1 Å². The van der Waals surface area contributed by atoms with Crippen molar-refractivity contribution in [2.24, 2.45) is 0 Å². The normalized spacial score (nSPS) is 16.1. The lowest BCUT2D eigenvalue weighted by molar-refractivity contribution is -0.142. The van der Waals surface area contributed by atoms with Crippen molar-refractivity contribution in [1.29, 1.82) is 0 Å². The monoisotopic (exact) mass is 477 g/mol. The number of anilines is 1. The summed E-state index contributed by atoms with van der Waals surface area (Å²) < 4.78 is 53.6. The summed E-state index contributed by atoms with van der Waals surface area (Å²) in [6.45, 7) is 3.13. The van der Waals surface area contributed by atoms with Crippen LogP contribution in [0.15, 0.2) is 29.2 Å². The van der Waals surface area contributed by atoms with Crippen LogP contribution < -0.4 is 4.90 Å². The molecular weight excluding hydrogens is 455 g/mol. The number of benzene rings is 1. The van der Waals surface area contributed by atoms with E-state index < -0.39 is 27.9 Å². The van der Waals surface area contributed by atoms with Crippen LogP contribution in [0.1, 0.15) is 11.4 Å². The first-order chi connectivity index (χ1) is 14.5. The summed E-state index contributed by atoms with van der Waals surface area (Å²) >= 11 is 5.75. The molecule has 1 saturated heterocycles. The van der Waals surface area contributed by atoms with Gasteiger partial charge in [0.25, 0.3) is 0 Å². The lowest BCUT2D eigenvalue weighted by atomic mass is 10.2. The molecule has 2 aromatic rings. The molecule has 1 amide bonds. The van der Waals surface area contributed by atoms with E-state index in [0.717, 1.165) is 10.4 Å². The van der Waals surface area contributed by atoms with Crippen molar-refractivity contribution < 1.29 is 22.2 Å². The summed E-state index contributed by atoms with van der Waals surface area (Å²) in [7, 11) is 2.26. The molecule has 0 N–H and O–H groups in total. The maximum absolute atomic E-state index is 13.0. The molecule has 1 fully saturated rings. The number of amides is 1. The smallest absolute Gasteiger partial charge is 0.368 e. The fourth-order valence-corrected chi connectivity index (χ4v) is 4.32. The van der Waals surface area contributed by atoms with Gasteiger partial charge in [0.15, 0.2) is 5.69 Å². The molecule has 7 nitrogen and oxygen atoms in total. The highest BCUT2D eigenvalue weighted by Crippen LogP contribution is 2.35. The van der Waals surface area contributed by atoms with E-state index >= 15 is 0 Å². The van der Waals surface area contributed by atoms with E-state index in [0.29, 0.717) is 31.1 Å². The van der Waals surface area contributed by atoms with Gasteiger partial charge in [0.2, 0.25) is 5.91 Å². The van der Waals surface area contributed by atoms with Crippen LogP contribution in [0.4, 0.5) is 18.9 Å². The molecule has 1 aromatic heterocycles. The van der Waals surface area contributed by atoms with Crippen molar-refractivity contribution in [2.75, 3.05) is 45.2 Å². The van der Waals surface area contributed by atoms with E-state index in [1.807, 2.05) is 24.3 Å². The Morgan fingerprint density at radius 2 is 1.74 bits per heavy atom. The largest absolute Gasteiger partial charge is 0.436 e. The summed E-state index contributed by atoms with van der Waals surface area (Å²) in [6.07, 6.45) is -4.67. The first kappa shape index (κ1) is 23.6. The summed E-state index contributed by atoms with van der Waals surface area (Å²) in [6, 6.07) is 7.40. The molecule has 170 valence electrons. The lowest BCUT2D eigenvalue weighted by Crippen LogP contribution is -2.49. The summed E-state index contributed by atoms with van der Waals surface area (Å²) in [5.41, 5.74) is -0.116. The number of rotatable bonds is 5. The van der Waals surface area contributed by atoms with Crippen LogP contribution in [0.3, 0.4) is 0 Å². The fourth-order valence-electron chi connectivity index (χ4n) is 3.29. The van der Waals surface area contributed by atoms with Gasteiger partial charge in [0.05, 0.1) is 15.6 Å². The molecule has 0 spiro atoms. The fraction of sp³-hybridized carbons (Fsp3) is 0.474. The number of hydrogen-bond donors (Lipinski definition) is 0. The van der Waals surface area contributed by atoms with Gasteiger partial charge in [-0.25, -0.2) is 8.51 Å². The Kier molecular flexibility index (Phi) is 6.97. The first-order valence-electron chi connectivity index (χ1n) is 9.51. The minimum absolute atomic E-state index is 0.108. The van der Waals surface area contributed by atoms with Gasteiger partial charge >= 0.3 is 6.18 Å². The zero-order valence-corrected chi connectivity index (χ0v) is 18.9. The Morgan fingerprint density at radius 1 is 1.16 bits per heavy atom.